The summed E-state index contributed by atoms with van der Waals surface area (Å²) in [7, 11) is 1.52. The van der Waals surface area contributed by atoms with E-state index in [1.54, 1.807) is 12.1 Å². The minimum absolute atomic E-state index is 0. The Labute approximate surface area is 136 Å². The Morgan fingerprint density at radius 2 is 1.95 bits per heavy atom. The van der Waals surface area contributed by atoms with Gasteiger partial charge >= 0.3 is 0 Å². The van der Waals surface area contributed by atoms with Gasteiger partial charge in [0.1, 0.15) is 0 Å². The number of carbonyl (C=O) groups excluding carboxylic acids is 2. The number of nitrogens with two attached hydrogens (primary N) is 1. The third-order valence-corrected chi connectivity index (χ3v) is 3.10. The van der Waals surface area contributed by atoms with Crippen LogP contribution in [0, 0.1) is 5.92 Å². The molecule has 1 aromatic carbocycles. The Bertz CT molecular complexity index is 507. The van der Waals surface area contributed by atoms with E-state index in [0.717, 1.165) is 0 Å². The number of amides is 2. The Hall–Kier alpha value is -1.30. The molecule has 0 unspecified atom stereocenters. The molecule has 0 spiro atoms. The lowest BCUT2D eigenvalue weighted by Crippen LogP contribution is -2.36. The van der Waals surface area contributed by atoms with E-state index in [-0.39, 0.29) is 24.2 Å². The summed E-state index contributed by atoms with van der Waals surface area (Å²) in [6, 6.07) is 4.15. The summed E-state index contributed by atoms with van der Waals surface area (Å²) in [6.07, 6.45) is 0.599. The summed E-state index contributed by atoms with van der Waals surface area (Å²) < 4.78 is 0. The van der Waals surface area contributed by atoms with Crippen molar-refractivity contribution >= 4 is 41.5 Å². The quantitative estimate of drug-likeness (QED) is 0.773. The summed E-state index contributed by atoms with van der Waals surface area (Å²) in [5.41, 5.74) is 6.61. The standard InChI is InChI=1S/C14H20ClN3O2.ClH/c1-8(2)6-12(16)14(20)18-9-4-5-11(15)10(7-9)13(19)17-3;/h4-5,7-8,12H,6,16H2,1-3H3,(H,17,19)(H,18,20);1H/t12-;/m0./s1. The molecule has 0 aromatic heterocycles. The van der Waals surface area contributed by atoms with E-state index in [0.29, 0.717) is 28.6 Å². The van der Waals surface area contributed by atoms with Gasteiger partial charge in [0.05, 0.1) is 16.6 Å². The van der Waals surface area contributed by atoms with Crippen molar-refractivity contribution < 1.29 is 9.59 Å². The highest BCUT2D eigenvalue weighted by Crippen LogP contribution is 2.20. The molecule has 0 aliphatic carbocycles. The zero-order valence-electron chi connectivity index (χ0n) is 12.3. The smallest absolute Gasteiger partial charge is 0.252 e. The average Bonchev–Trinajstić information content (AvgIpc) is 2.39. The van der Waals surface area contributed by atoms with Crippen molar-refractivity contribution in [3.05, 3.63) is 28.8 Å². The fraction of sp³-hybridized carbons (Fsp3) is 0.429. The molecule has 2 amide bonds. The van der Waals surface area contributed by atoms with Crippen LogP contribution in [0.5, 0.6) is 0 Å². The highest BCUT2D eigenvalue weighted by Gasteiger charge is 2.16. The van der Waals surface area contributed by atoms with Gasteiger partial charge in [0, 0.05) is 12.7 Å². The predicted octanol–water partition coefficient (Wildman–Crippen LogP) is 2.43. The Morgan fingerprint density at radius 3 is 2.48 bits per heavy atom. The van der Waals surface area contributed by atoms with Crippen molar-refractivity contribution in [1.29, 1.82) is 0 Å². The van der Waals surface area contributed by atoms with Gasteiger partial charge in [0.2, 0.25) is 5.91 Å². The van der Waals surface area contributed by atoms with Crippen molar-refractivity contribution in [2.45, 2.75) is 26.3 Å². The van der Waals surface area contributed by atoms with Crippen LogP contribution in [0.15, 0.2) is 18.2 Å². The first-order valence-electron chi connectivity index (χ1n) is 6.43. The van der Waals surface area contributed by atoms with Crippen LogP contribution in [0.2, 0.25) is 5.02 Å². The van der Waals surface area contributed by atoms with Gasteiger partial charge in [-0.1, -0.05) is 25.4 Å². The summed E-state index contributed by atoms with van der Waals surface area (Å²) in [5, 5.41) is 5.51. The van der Waals surface area contributed by atoms with Gasteiger partial charge in [0.25, 0.3) is 5.91 Å². The molecule has 4 N–H and O–H groups in total. The van der Waals surface area contributed by atoms with Crippen LogP contribution in [-0.4, -0.2) is 24.9 Å². The van der Waals surface area contributed by atoms with Crippen LogP contribution in [0.3, 0.4) is 0 Å². The number of nitrogens with one attached hydrogen (secondary N) is 2. The normalized spacial score (nSPS) is 11.5. The number of anilines is 1. The number of rotatable bonds is 5. The number of halogens is 2. The first-order valence-corrected chi connectivity index (χ1v) is 6.81. The highest BCUT2D eigenvalue weighted by molar-refractivity contribution is 6.34. The maximum absolute atomic E-state index is 11.9. The molecule has 0 saturated heterocycles. The second-order valence-electron chi connectivity index (χ2n) is 5.00. The second kappa shape index (κ2) is 8.87. The van der Waals surface area contributed by atoms with Gasteiger partial charge in [-0.3, -0.25) is 9.59 Å². The lowest BCUT2D eigenvalue weighted by atomic mass is 10.0. The van der Waals surface area contributed by atoms with Crippen molar-refractivity contribution in [2.24, 2.45) is 11.7 Å². The molecule has 1 aromatic rings. The van der Waals surface area contributed by atoms with Crippen LogP contribution in [0.4, 0.5) is 5.69 Å². The van der Waals surface area contributed by atoms with Crippen LogP contribution < -0.4 is 16.4 Å². The zero-order chi connectivity index (χ0) is 15.3. The first-order chi connectivity index (χ1) is 9.35. The second-order valence-corrected chi connectivity index (χ2v) is 5.41. The van der Waals surface area contributed by atoms with Gasteiger partial charge in [-0.15, -0.1) is 12.4 Å². The Morgan fingerprint density at radius 1 is 1.33 bits per heavy atom. The topological polar surface area (TPSA) is 84.2 Å². The van der Waals surface area contributed by atoms with Gasteiger partial charge in [0.15, 0.2) is 0 Å². The van der Waals surface area contributed by atoms with Crippen LogP contribution in [0.1, 0.15) is 30.6 Å². The van der Waals surface area contributed by atoms with E-state index in [1.807, 2.05) is 13.8 Å². The molecule has 0 fully saturated rings. The van der Waals surface area contributed by atoms with Gasteiger partial charge in [-0.2, -0.15) is 0 Å². The monoisotopic (exact) mass is 333 g/mol. The molecule has 0 saturated carbocycles. The first kappa shape index (κ1) is 19.7. The molecule has 1 atom stereocenters. The largest absolute Gasteiger partial charge is 0.355 e. The van der Waals surface area contributed by atoms with Crippen molar-refractivity contribution in [3.63, 3.8) is 0 Å². The molecule has 118 valence electrons. The van der Waals surface area contributed by atoms with E-state index < -0.39 is 6.04 Å². The van der Waals surface area contributed by atoms with E-state index >= 15 is 0 Å². The minimum Gasteiger partial charge on any atom is -0.355 e. The van der Waals surface area contributed by atoms with Gasteiger partial charge in [-0.05, 0) is 30.5 Å². The average molecular weight is 334 g/mol. The summed E-state index contributed by atoms with van der Waals surface area (Å²) in [5.74, 6) is -0.246. The molecule has 21 heavy (non-hydrogen) atoms. The number of carbonyl (C=O) groups is 2. The molecule has 0 heterocycles. The van der Waals surface area contributed by atoms with Crippen LogP contribution in [0.25, 0.3) is 0 Å². The molecular weight excluding hydrogens is 313 g/mol. The summed E-state index contributed by atoms with van der Waals surface area (Å²) in [6.45, 7) is 4.00. The summed E-state index contributed by atoms with van der Waals surface area (Å²) >= 11 is 5.94. The molecular formula is C14H21Cl2N3O2. The predicted molar refractivity (Wildman–Crippen MR) is 88.2 cm³/mol. The lowest BCUT2D eigenvalue weighted by molar-refractivity contribution is -0.117. The molecule has 0 aliphatic heterocycles. The van der Waals surface area contributed by atoms with Crippen molar-refractivity contribution in [2.75, 3.05) is 12.4 Å². The van der Waals surface area contributed by atoms with Crippen LogP contribution in [-0.2, 0) is 4.79 Å². The number of hydrogen-bond donors (Lipinski definition) is 3. The molecule has 1 rings (SSSR count). The van der Waals surface area contributed by atoms with Crippen LogP contribution >= 0.6 is 24.0 Å². The zero-order valence-corrected chi connectivity index (χ0v) is 13.8. The maximum Gasteiger partial charge on any atom is 0.252 e. The van der Waals surface area contributed by atoms with E-state index in [2.05, 4.69) is 10.6 Å². The maximum atomic E-state index is 11.9. The fourth-order valence-corrected chi connectivity index (χ4v) is 1.96. The van der Waals surface area contributed by atoms with E-state index in [9.17, 15) is 9.59 Å². The highest BCUT2D eigenvalue weighted by atomic mass is 35.5. The molecule has 0 aliphatic rings. The Kier molecular flexibility index (Phi) is 8.32. The molecule has 7 heteroatoms. The van der Waals surface area contributed by atoms with Gasteiger partial charge < -0.3 is 16.4 Å². The van der Waals surface area contributed by atoms with E-state index in [1.165, 1.54) is 13.1 Å². The third-order valence-electron chi connectivity index (χ3n) is 2.77. The number of hydrogen-bond acceptors (Lipinski definition) is 3. The SMILES string of the molecule is CNC(=O)c1cc(NC(=O)[C@@H](N)CC(C)C)ccc1Cl.Cl. The third kappa shape index (κ3) is 5.91. The molecule has 5 nitrogen and oxygen atoms in total. The summed E-state index contributed by atoms with van der Waals surface area (Å²) in [4.78, 5) is 23.5. The number of benzene rings is 1. The molecule has 0 bridgehead atoms. The van der Waals surface area contributed by atoms with Gasteiger partial charge in [-0.25, -0.2) is 0 Å². The molecule has 0 radical (unpaired) electrons. The van der Waals surface area contributed by atoms with E-state index in [4.69, 9.17) is 17.3 Å². The fourth-order valence-electron chi connectivity index (χ4n) is 1.76. The Balaban J connectivity index is 0.00000400. The van der Waals surface area contributed by atoms with Crippen molar-refractivity contribution in [3.8, 4) is 0 Å². The minimum atomic E-state index is -0.575. The lowest BCUT2D eigenvalue weighted by Gasteiger charge is -2.14. The van der Waals surface area contributed by atoms with Crippen molar-refractivity contribution in [1.82, 2.24) is 5.32 Å².